The molecule has 0 bridgehead atoms. The van der Waals surface area contributed by atoms with E-state index >= 15 is 0 Å². The van der Waals surface area contributed by atoms with Crippen molar-refractivity contribution in [3.8, 4) is 0 Å². The van der Waals surface area contributed by atoms with Crippen LogP contribution in [0.1, 0.15) is 0 Å². The second-order valence-corrected chi connectivity index (χ2v) is 13.5. The lowest BCUT2D eigenvalue weighted by Gasteiger charge is -2.15. The first kappa shape index (κ1) is 9.72. The van der Waals surface area contributed by atoms with Gasteiger partial charge in [-0.15, -0.1) is 15.3 Å². The van der Waals surface area contributed by atoms with Crippen LogP contribution in [0.4, 0.5) is 0 Å². The molecule has 0 aromatic carbocycles. The molecule has 9 heavy (non-hydrogen) atoms. The SMILES string of the molecule is CB(C)NC[Si](C)(C)Br. The third-order valence-electron chi connectivity index (χ3n) is 0.931. The summed E-state index contributed by atoms with van der Waals surface area (Å²) < 4.78 is 0. The summed E-state index contributed by atoms with van der Waals surface area (Å²) in [4.78, 5) is 0. The summed E-state index contributed by atoms with van der Waals surface area (Å²) in [6, 6.07) is 0. The molecule has 0 aliphatic rings. The van der Waals surface area contributed by atoms with Gasteiger partial charge in [-0.25, -0.2) is 0 Å². The number of halogens is 1. The van der Waals surface area contributed by atoms with Gasteiger partial charge in [-0.2, -0.15) is 0 Å². The number of nitrogens with one attached hydrogen (secondary N) is 1. The van der Waals surface area contributed by atoms with Crippen molar-refractivity contribution in [1.82, 2.24) is 5.23 Å². The van der Waals surface area contributed by atoms with Gasteiger partial charge in [0.15, 0.2) is 0 Å². The van der Waals surface area contributed by atoms with E-state index in [1.54, 1.807) is 0 Å². The Bertz CT molecular complexity index is 81.5. The van der Waals surface area contributed by atoms with Gasteiger partial charge in [0, 0.05) is 0 Å². The van der Waals surface area contributed by atoms with Crippen LogP contribution >= 0.6 is 15.3 Å². The van der Waals surface area contributed by atoms with Gasteiger partial charge in [0.05, 0.1) is 0 Å². The molecular formula is C5H15BBrNSi. The first-order chi connectivity index (χ1) is 3.92. The molecule has 0 aliphatic carbocycles. The molecular weight excluding hydrogens is 193 g/mol. The van der Waals surface area contributed by atoms with Crippen molar-refractivity contribution >= 4 is 28.8 Å². The predicted molar refractivity (Wildman–Crippen MR) is 51.9 cm³/mol. The van der Waals surface area contributed by atoms with Crippen LogP contribution in [0.25, 0.3) is 0 Å². The normalized spacial score (nSPS) is 11.7. The van der Waals surface area contributed by atoms with Crippen LogP contribution in [-0.4, -0.2) is 19.7 Å². The van der Waals surface area contributed by atoms with E-state index in [4.69, 9.17) is 0 Å². The summed E-state index contributed by atoms with van der Waals surface area (Å²) in [7, 11) is 0. The molecule has 0 amide bonds. The van der Waals surface area contributed by atoms with Gasteiger partial charge in [-0.05, 0) is 6.17 Å². The molecule has 0 aliphatic heterocycles. The quantitative estimate of drug-likeness (QED) is 0.552. The molecule has 0 heterocycles. The van der Waals surface area contributed by atoms with Crippen LogP contribution in [-0.2, 0) is 0 Å². The van der Waals surface area contributed by atoms with Crippen LogP contribution < -0.4 is 5.23 Å². The van der Waals surface area contributed by atoms with Gasteiger partial charge >= 0.3 is 0 Å². The molecule has 0 atom stereocenters. The van der Waals surface area contributed by atoms with Crippen molar-refractivity contribution in [2.45, 2.75) is 26.7 Å². The molecule has 0 aromatic heterocycles. The molecule has 0 saturated carbocycles. The summed E-state index contributed by atoms with van der Waals surface area (Å²) in [5.74, 6) is 0. The highest BCUT2D eigenvalue weighted by atomic mass is 79.9. The van der Waals surface area contributed by atoms with Crippen molar-refractivity contribution in [3.05, 3.63) is 0 Å². The number of rotatable bonds is 3. The van der Waals surface area contributed by atoms with E-state index in [0.717, 1.165) is 6.17 Å². The second-order valence-electron chi connectivity index (χ2n) is 3.25. The zero-order chi connectivity index (χ0) is 7.49. The molecule has 0 unspecified atom stereocenters. The minimum absolute atomic E-state index is 0.620. The first-order valence-corrected chi connectivity index (χ1v) is 8.80. The molecule has 1 N–H and O–H groups in total. The fraction of sp³-hybridized carbons (Fsp3) is 1.00. The Hall–Kier alpha value is 0.722. The maximum absolute atomic E-state index is 3.68. The molecule has 0 rings (SSSR count). The van der Waals surface area contributed by atoms with Crippen molar-refractivity contribution in [3.63, 3.8) is 0 Å². The molecule has 4 heteroatoms. The fourth-order valence-electron chi connectivity index (χ4n) is 0.447. The average Bonchev–Trinajstić information content (AvgIpc) is 1.59. The lowest BCUT2D eigenvalue weighted by Crippen LogP contribution is -2.39. The third-order valence-corrected chi connectivity index (χ3v) is 2.82. The molecule has 0 fully saturated rings. The fourth-order valence-corrected chi connectivity index (χ4v) is 1.83. The maximum atomic E-state index is 3.68. The summed E-state index contributed by atoms with van der Waals surface area (Å²) >= 11 is 3.68. The molecule has 1 nitrogen and oxygen atoms in total. The van der Waals surface area contributed by atoms with E-state index in [1.807, 2.05) is 0 Å². The second kappa shape index (κ2) is 3.78. The maximum Gasteiger partial charge on any atom is 0.213 e. The van der Waals surface area contributed by atoms with Gasteiger partial charge < -0.3 is 5.23 Å². The zero-order valence-corrected chi connectivity index (χ0v) is 9.25. The molecule has 54 valence electrons. The van der Waals surface area contributed by atoms with Crippen LogP contribution in [0, 0.1) is 0 Å². The zero-order valence-electron chi connectivity index (χ0n) is 6.66. The highest BCUT2D eigenvalue weighted by Gasteiger charge is 2.15. The van der Waals surface area contributed by atoms with Crippen molar-refractivity contribution in [1.29, 1.82) is 0 Å². The van der Waals surface area contributed by atoms with Gasteiger partial charge in [-0.3, -0.25) is 0 Å². The highest BCUT2D eigenvalue weighted by molar-refractivity contribution is 9.26. The predicted octanol–water partition coefficient (Wildman–Crippen LogP) is 1.97. The highest BCUT2D eigenvalue weighted by Crippen LogP contribution is 2.07. The standard InChI is InChI=1S/C5H15BBrNSi/c1-6(2)8-5-9(3,4)7/h8H,5H2,1-4H3. The van der Waals surface area contributed by atoms with Crippen LogP contribution in [0.5, 0.6) is 0 Å². The van der Waals surface area contributed by atoms with Crippen LogP contribution in [0.15, 0.2) is 0 Å². The van der Waals surface area contributed by atoms with E-state index in [1.165, 1.54) is 0 Å². The third kappa shape index (κ3) is 8.72. The number of hydrogen-bond donors (Lipinski definition) is 1. The Labute approximate surface area is 67.3 Å². The van der Waals surface area contributed by atoms with Gasteiger partial charge in [0.25, 0.3) is 0 Å². The van der Waals surface area contributed by atoms with Crippen molar-refractivity contribution < 1.29 is 0 Å². The number of hydrogen-bond acceptors (Lipinski definition) is 1. The Balaban J connectivity index is 3.28. The Kier molecular flexibility index (Phi) is 4.09. The van der Waals surface area contributed by atoms with Crippen molar-refractivity contribution in [2.75, 3.05) is 6.17 Å². The average molecular weight is 208 g/mol. The van der Waals surface area contributed by atoms with E-state index in [2.05, 4.69) is 47.3 Å². The lowest BCUT2D eigenvalue weighted by atomic mass is 9.69. The van der Waals surface area contributed by atoms with Gasteiger partial charge in [0.1, 0.15) is 6.69 Å². The molecule has 0 spiro atoms. The van der Waals surface area contributed by atoms with E-state index in [0.29, 0.717) is 6.85 Å². The Morgan fingerprint density at radius 1 is 1.44 bits per heavy atom. The van der Waals surface area contributed by atoms with Crippen LogP contribution in [0.2, 0.25) is 26.7 Å². The first-order valence-electron chi connectivity index (χ1n) is 3.34. The summed E-state index contributed by atoms with van der Waals surface area (Å²) in [6.07, 6.45) is 1.16. The molecule has 0 saturated heterocycles. The molecule has 0 aromatic rings. The lowest BCUT2D eigenvalue weighted by molar-refractivity contribution is 1.12. The minimum atomic E-state index is -1.02. The summed E-state index contributed by atoms with van der Waals surface area (Å²) in [5, 5.41) is 3.40. The minimum Gasteiger partial charge on any atom is -0.358 e. The Morgan fingerprint density at radius 3 is 2.00 bits per heavy atom. The van der Waals surface area contributed by atoms with E-state index in [-0.39, 0.29) is 0 Å². The van der Waals surface area contributed by atoms with Crippen molar-refractivity contribution in [2.24, 2.45) is 0 Å². The van der Waals surface area contributed by atoms with E-state index < -0.39 is 6.69 Å². The Morgan fingerprint density at radius 2 is 1.89 bits per heavy atom. The summed E-state index contributed by atoms with van der Waals surface area (Å²) in [5.41, 5.74) is 0. The molecule has 0 radical (unpaired) electrons. The largest absolute Gasteiger partial charge is 0.358 e. The smallest absolute Gasteiger partial charge is 0.213 e. The van der Waals surface area contributed by atoms with Gasteiger partial charge in [0.2, 0.25) is 6.85 Å². The van der Waals surface area contributed by atoms with Crippen LogP contribution in [0.3, 0.4) is 0 Å². The van der Waals surface area contributed by atoms with Gasteiger partial charge in [-0.1, -0.05) is 26.7 Å². The van der Waals surface area contributed by atoms with E-state index in [9.17, 15) is 0 Å². The monoisotopic (exact) mass is 207 g/mol. The topological polar surface area (TPSA) is 12.0 Å². The summed E-state index contributed by atoms with van der Waals surface area (Å²) in [6.45, 7) is 8.54.